The van der Waals surface area contributed by atoms with Gasteiger partial charge >= 0.3 is 11.9 Å². The quantitative estimate of drug-likeness (QED) is 0.637. The van der Waals surface area contributed by atoms with Crippen LogP contribution in [0.4, 0.5) is 5.69 Å². The van der Waals surface area contributed by atoms with Gasteiger partial charge in [-0.25, -0.2) is 0 Å². The van der Waals surface area contributed by atoms with Crippen LogP contribution in [-0.2, 0) is 9.59 Å². The number of hydrogen-bond donors (Lipinski definition) is 4. The third kappa shape index (κ3) is 7.00. The highest BCUT2D eigenvalue weighted by atomic mass is 16.4. The largest absolute Gasteiger partial charge is 0.481 e. The smallest absolute Gasteiger partial charge is 0.306 e. The summed E-state index contributed by atoms with van der Waals surface area (Å²) in [5.74, 6) is -3.34. The van der Waals surface area contributed by atoms with Gasteiger partial charge in [0.15, 0.2) is 0 Å². The van der Waals surface area contributed by atoms with Crippen molar-refractivity contribution in [2.45, 2.75) is 13.3 Å². The van der Waals surface area contributed by atoms with Gasteiger partial charge in [0.25, 0.3) is 0 Å². The van der Waals surface area contributed by atoms with Gasteiger partial charge in [-0.2, -0.15) is 0 Å². The van der Waals surface area contributed by atoms with E-state index >= 15 is 0 Å². The van der Waals surface area contributed by atoms with Crippen molar-refractivity contribution in [3.8, 4) is 0 Å². The van der Waals surface area contributed by atoms with Crippen molar-refractivity contribution in [1.82, 2.24) is 0 Å². The van der Waals surface area contributed by atoms with Gasteiger partial charge in [0.05, 0.1) is 12.3 Å². The van der Waals surface area contributed by atoms with Gasteiger partial charge in [0.1, 0.15) is 0 Å². The monoisotopic (exact) mass is 282 g/mol. The third-order valence-electron chi connectivity index (χ3n) is 2.36. The van der Waals surface area contributed by atoms with E-state index in [1.165, 1.54) is 6.92 Å². The van der Waals surface area contributed by atoms with E-state index in [0.717, 1.165) is 5.69 Å². The van der Waals surface area contributed by atoms with Crippen molar-refractivity contribution >= 4 is 23.5 Å². The molecule has 0 saturated carbocycles. The molecule has 20 heavy (non-hydrogen) atoms. The first-order valence-electron chi connectivity index (χ1n) is 5.80. The predicted octanol–water partition coefficient (Wildman–Crippen LogP) is 1.01. The number of nitrogens with one attached hydrogen (secondary N) is 1. The van der Waals surface area contributed by atoms with E-state index < -0.39 is 23.8 Å². The van der Waals surface area contributed by atoms with E-state index in [2.05, 4.69) is 5.32 Å². The first-order chi connectivity index (χ1) is 9.27. The number of primary amides is 1. The fraction of sp³-hybridized carbons (Fsp3) is 0.308. The first kappa shape index (κ1) is 17.4. The lowest BCUT2D eigenvalue weighted by atomic mass is 10.1. The summed E-state index contributed by atoms with van der Waals surface area (Å²) in [6.45, 7) is 1.36. The first-order valence-corrected chi connectivity index (χ1v) is 5.80. The number of benzene rings is 1. The Balaban J connectivity index is 0.000000370. The molecule has 0 aliphatic heterocycles. The maximum atomic E-state index is 10.6. The number of amides is 1. The van der Waals surface area contributed by atoms with Crippen LogP contribution in [0.1, 0.15) is 23.7 Å². The molecule has 0 spiro atoms. The van der Waals surface area contributed by atoms with Crippen LogP contribution in [-0.4, -0.2) is 35.1 Å². The van der Waals surface area contributed by atoms with Gasteiger partial charge in [0.2, 0.25) is 5.91 Å². The molecule has 1 rings (SSSR count). The van der Waals surface area contributed by atoms with Crippen LogP contribution in [0.15, 0.2) is 24.3 Å². The predicted molar refractivity (Wildman–Crippen MR) is 73.6 cm³/mol. The molecule has 0 heterocycles. The molecule has 5 N–H and O–H groups in total. The lowest BCUT2D eigenvalue weighted by Crippen LogP contribution is -2.13. The van der Waals surface area contributed by atoms with Crippen LogP contribution < -0.4 is 11.1 Å². The minimum atomic E-state index is -1.08. The third-order valence-corrected chi connectivity index (χ3v) is 2.36. The van der Waals surface area contributed by atoms with Crippen molar-refractivity contribution in [1.29, 1.82) is 0 Å². The zero-order chi connectivity index (χ0) is 15.7. The highest BCUT2D eigenvalue weighted by Crippen LogP contribution is 2.07. The number of hydrogen-bond acceptors (Lipinski definition) is 4. The Kier molecular flexibility index (Phi) is 7.42. The van der Waals surface area contributed by atoms with Crippen LogP contribution in [0, 0.1) is 5.92 Å². The van der Waals surface area contributed by atoms with Gasteiger partial charge in [-0.1, -0.05) is 6.92 Å². The lowest BCUT2D eigenvalue weighted by Gasteiger charge is -1.99. The molecule has 1 atom stereocenters. The molecule has 1 unspecified atom stereocenters. The van der Waals surface area contributed by atoms with Crippen molar-refractivity contribution in [2.24, 2.45) is 11.7 Å². The second-order valence-electron chi connectivity index (χ2n) is 4.03. The minimum Gasteiger partial charge on any atom is -0.481 e. The SMILES string of the molecule is CC(CC(=O)O)C(=O)O.CNc1ccc(C(N)=O)cc1. The van der Waals surface area contributed by atoms with E-state index in [4.69, 9.17) is 15.9 Å². The van der Waals surface area contributed by atoms with Crippen LogP contribution in [0.2, 0.25) is 0 Å². The van der Waals surface area contributed by atoms with Gasteiger partial charge in [-0.05, 0) is 24.3 Å². The molecule has 7 heteroatoms. The average Bonchev–Trinajstić information content (AvgIpc) is 2.38. The number of rotatable bonds is 5. The molecule has 0 saturated heterocycles. The van der Waals surface area contributed by atoms with Crippen molar-refractivity contribution in [3.05, 3.63) is 29.8 Å². The molecule has 0 bridgehead atoms. The second kappa shape index (κ2) is 8.52. The summed E-state index contributed by atoms with van der Waals surface area (Å²) in [7, 11) is 1.82. The van der Waals surface area contributed by atoms with Crippen LogP contribution in [0.5, 0.6) is 0 Å². The van der Waals surface area contributed by atoms with E-state index in [0.29, 0.717) is 5.56 Å². The maximum Gasteiger partial charge on any atom is 0.306 e. The van der Waals surface area contributed by atoms with Gasteiger partial charge in [-0.3, -0.25) is 14.4 Å². The fourth-order valence-electron chi connectivity index (χ4n) is 1.15. The molecule has 0 radical (unpaired) electrons. The topological polar surface area (TPSA) is 130 Å². The van der Waals surface area contributed by atoms with Crippen LogP contribution >= 0.6 is 0 Å². The molecule has 1 amide bonds. The Morgan fingerprint density at radius 2 is 1.70 bits per heavy atom. The normalized spacial score (nSPS) is 10.7. The van der Waals surface area contributed by atoms with Crippen molar-refractivity contribution in [3.63, 3.8) is 0 Å². The Morgan fingerprint density at radius 1 is 1.20 bits per heavy atom. The summed E-state index contributed by atoms with van der Waals surface area (Å²) in [6, 6.07) is 6.99. The van der Waals surface area contributed by atoms with Gasteiger partial charge in [-0.15, -0.1) is 0 Å². The summed E-state index contributed by atoms with van der Waals surface area (Å²) in [5.41, 5.74) is 6.55. The van der Waals surface area contributed by atoms with E-state index in [9.17, 15) is 14.4 Å². The van der Waals surface area contributed by atoms with E-state index in [1.807, 2.05) is 7.05 Å². The van der Waals surface area contributed by atoms with Crippen LogP contribution in [0.25, 0.3) is 0 Å². The molecule has 1 aromatic carbocycles. The highest BCUT2D eigenvalue weighted by Gasteiger charge is 2.13. The molecular weight excluding hydrogens is 264 g/mol. The number of carboxylic acid groups (broad SMARTS) is 2. The molecule has 0 aliphatic carbocycles. The van der Waals surface area contributed by atoms with Gasteiger partial charge < -0.3 is 21.3 Å². The summed E-state index contributed by atoms with van der Waals surface area (Å²) >= 11 is 0. The van der Waals surface area contributed by atoms with Crippen LogP contribution in [0.3, 0.4) is 0 Å². The average molecular weight is 282 g/mol. The minimum absolute atomic E-state index is 0.310. The standard InChI is InChI=1S/C8H10N2O.C5H8O4/c1-10-7-4-2-6(3-5-7)8(9)11;1-3(5(8)9)2-4(6)7/h2-5,10H,1H3,(H2,9,11);3H,2H2,1H3,(H,6,7)(H,8,9). The molecule has 7 nitrogen and oxygen atoms in total. The molecule has 0 aromatic heterocycles. The molecule has 1 aromatic rings. The zero-order valence-electron chi connectivity index (χ0n) is 11.3. The summed E-state index contributed by atoms with van der Waals surface area (Å²) in [6.07, 6.45) is -0.310. The number of carbonyl (C=O) groups is 3. The number of anilines is 1. The Hall–Kier alpha value is -2.57. The maximum absolute atomic E-state index is 10.6. The Morgan fingerprint density at radius 3 is 1.95 bits per heavy atom. The lowest BCUT2D eigenvalue weighted by molar-refractivity contribution is -0.147. The second-order valence-corrected chi connectivity index (χ2v) is 4.03. The highest BCUT2D eigenvalue weighted by molar-refractivity contribution is 5.93. The fourth-order valence-corrected chi connectivity index (χ4v) is 1.15. The number of aliphatic carboxylic acids is 2. The van der Waals surface area contributed by atoms with Gasteiger partial charge in [0, 0.05) is 18.3 Å². The number of carboxylic acids is 2. The Labute approximate surface area is 116 Å². The number of nitrogens with two attached hydrogens (primary N) is 1. The number of carbonyl (C=O) groups excluding carboxylic acids is 1. The molecule has 0 aliphatic rings. The van der Waals surface area contributed by atoms with Crippen molar-refractivity contribution < 1.29 is 24.6 Å². The van der Waals surface area contributed by atoms with Crippen molar-refractivity contribution in [2.75, 3.05) is 12.4 Å². The molecule has 110 valence electrons. The molecular formula is C13H18N2O5. The summed E-state index contributed by atoms with van der Waals surface area (Å²) < 4.78 is 0. The Bertz CT molecular complexity index is 470. The van der Waals surface area contributed by atoms with E-state index in [-0.39, 0.29) is 6.42 Å². The summed E-state index contributed by atoms with van der Waals surface area (Å²) in [4.78, 5) is 30.4. The summed E-state index contributed by atoms with van der Waals surface area (Å²) in [5, 5.41) is 19.2. The zero-order valence-corrected chi connectivity index (χ0v) is 11.3. The van der Waals surface area contributed by atoms with E-state index in [1.54, 1.807) is 24.3 Å². The molecule has 0 fully saturated rings.